The van der Waals surface area contributed by atoms with E-state index in [1.54, 1.807) is 17.4 Å². The number of hydrogen-bond donors (Lipinski definition) is 1. The smallest absolute Gasteiger partial charge is 0.343 e. The third kappa shape index (κ3) is 4.69. The second-order valence-corrected chi connectivity index (χ2v) is 7.11. The predicted octanol–water partition coefficient (Wildman–Crippen LogP) is 3.49. The summed E-state index contributed by atoms with van der Waals surface area (Å²) in [6.45, 7) is 2.94. The molecule has 0 fully saturated rings. The minimum absolute atomic E-state index is 0.201. The van der Waals surface area contributed by atoms with Crippen molar-refractivity contribution in [2.75, 3.05) is 13.7 Å². The van der Waals surface area contributed by atoms with Gasteiger partial charge in [-0.3, -0.25) is 0 Å². The number of hydrogen-bond acceptors (Lipinski definition) is 7. The first-order chi connectivity index (χ1) is 12.5. The number of carbonyl (C=O) groups is 1. The lowest BCUT2D eigenvalue weighted by atomic mass is 10.1. The van der Waals surface area contributed by atoms with Gasteiger partial charge in [0.2, 0.25) is 5.88 Å². The summed E-state index contributed by atoms with van der Waals surface area (Å²) in [6.07, 6.45) is 0. The zero-order valence-corrected chi connectivity index (χ0v) is 16.0. The fraction of sp³-hybridized carbons (Fsp3) is 0.278. The number of rotatable bonds is 7. The number of ether oxygens (including phenoxy) is 2. The van der Waals surface area contributed by atoms with Crippen LogP contribution in [-0.2, 0) is 22.6 Å². The topological polar surface area (TPSA) is 73.3 Å². The van der Waals surface area contributed by atoms with E-state index in [0.717, 1.165) is 21.7 Å². The van der Waals surface area contributed by atoms with Crippen molar-refractivity contribution in [3.05, 3.63) is 50.9 Å². The molecule has 1 aromatic carbocycles. The molecular weight excluding hydrogens is 374 g/mol. The molecule has 8 heteroatoms. The maximum absolute atomic E-state index is 11.4. The molecule has 0 amide bonds. The highest BCUT2D eigenvalue weighted by molar-refractivity contribution is 7.09. The molecule has 6 nitrogen and oxygen atoms in total. The van der Waals surface area contributed by atoms with Crippen molar-refractivity contribution in [2.45, 2.75) is 20.0 Å². The first-order valence-electron chi connectivity index (χ1n) is 7.95. The molecular formula is C18H18ClN3O3S. The van der Waals surface area contributed by atoms with Gasteiger partial charge in [-0.1, -0.05) is 17.7 Å². The number of carbonyl (C=O) groups excluding carboxylic acids is 1. The van der Waals surface area contributed by atoms with Crippen LogP contribution < -0.4 is 10.1 Å². The number of aromatic nitrogens is 2. The minimum Gasteiger partial charge on any atom is -0.466 e. The van der Waals surface area contributed by atoms with Gasteiger partial charge in [-0.05, 0) is 25.1 Å². The van der Waals surface area contributed by atoms with E-state index in [4.69, 9.17) is 16.3 Å². The number of nitrogens with zero attached hydrogens (tertiary/aromatic N) is 2. The molecule has 0 aliphatic carbocycles. The number of pyridine rings is 1. The molecule has 0 unspecified atom stereocenters. The van der Waals surface area contributed by atoms with Crippen LogP contribution in [0.3, 0.4) is 0 Å². The summed E-state index contributed by atoms with van der Waals surface area (Å²) >= 11 is 7.66. The van der Waals surface area contributed by atoms with E-state index in [-0.39, 0.29) is 6.61 Å². The maximum atomic E-state index is 11.4. The Labute approximate surface area is 160 Å². The largest absolute Gasteiger partial charge is 0.466 e. The standard InChI is InChI=1S/C18H18ClN3O3S/c1-11-21-15(10-26-11)8-20-7-13-5-12-3-4-14(19)6-16(12)22-18(13)25-9-17(23)24-2/h3-6,10,20H,7-9H2,1-2H3. The van der Waals surface area contributed by atoms with Gasteiger partial charge in [0.1, 0.15) is 0 Å². The van der Waals surface area contributed by atoms with Crippen molar-refractivity contribution in [2.24, 2.45) is 0 Å². The zero-order valence-electron chi connectivity index (χ0n) is 14.4. The molecule has 0 atom stereocenters. The van der Waals surface area contributed by atoms with Crippen LogP contribution in [0.1, 0.15) is 16.3 Å². The van der Waals surface area contributed by atoms with Crippen LogP contribution in [0.25, 0.3) is 10.9 Å². The Morgan fingerprint density at radius 1 is 1.27 bits per heavy atom. The number of benzene rings is 1. The van der Waals surface area contributed by atoms with Crippen LogP contribution in [0.5, 0.6) is 5.88 Å². The Bertz CT molecular complexity index is 929. The second kappa shape index (κ2) is 8.44. The molecule has 2 heterocycles. The average molecular weight is 392 g/mol. The summed E-state index contributed by atoms with van der Waals surface area (Å²) in [6, 6.07) is 7.46. The molecule has 0 spiro atoms. The molecule has 0 aliphatic rings. The molecule has 0 radical (unpaired) electrons. The van der Waals surface area contributed by atoms with Gasteiger partial charge in [0.25, 0.3) is 0 Å². The Morgan fingerprint density at radius 2 is 2.12 bits per heavy atom. The van der Waals surface area contributed by atoms with Gasteiger partial charge in [-0.2, -0.15) is 0 Å². The highest BCUT2D eigenvalue weighted by Crippen LogP contribution is 2.25. The minimum atomic E-state index is -0.463. The van der Waals surface area contributed by atoms with Crippen molar-refractivity contribution in [3.63, 3.8) is 0 Å². The third-order valence-electron chi connectivity index (χ3n) is 3.66. The molecule has 2 aromatic heterocycles. The Hall–Kier alpha value is -2.22. The van der Waals surface area contributed by atoms with Crippen molar-refractivity contribution in [3.8, 4) is 5.88 Å². The van der Waals surface area contributed by atoms with Gasteiger partial charge in [0.15, 0.2) is 6.61 Å². The number of thiazole rings is 1. The molecule has 26 heavy (non-hydrogen) atoms. The van der Waals surface area contributed by atoms with Gasteiger partial charge in [0.05, 0.1) is 23.3 Å². The van der Waals surface area contributed by atoms with E-state index in [1.165, 1.54) is 7.11 Å². The summed E-state index contributed by atoms with van der Waals surface area (Å²) in [5, 5.41) is 7.93. The van der Waals surface area contributed by atoms with Crippen molar-refractivity contribution in [1.29, 1.82) is 0 Å². The number of aryl methyl sites for hydroxylation is 1. The highest BCUT2D eigenvalue weighted by atomic mass is 35.5. The summed E-state index contributed by atoms with van der Waals surface area (Å²) in [4.78, 5) is 20.3. The number of nitrogens with one attached hydrogen (secondary N) is 1. The third-order valence-corrected chi connectivity index (χ3v) is 4.72. The number of halogens is 1. The highest BCUT2D eigenvalue weighted by Gasteiger charge is 2.11. The number of fused-ring (bicyclic) bond motifs is 1. The van der Waals surface area contributed by atoms with Gasteiger partial charge in [-0.15, -0.1) is 11.3 Å². The Kier molecular flexibility index (Phi) is 6.03. The molecule has 3 rings (SSSR count). The maximum Gasteiger partial charge on any atom is 0.343 e. The molecule has 136 valence electrons. The van der Waals surface area contributed by atoms with E-state index in [1.807, 2.05) is 30.5 Å². The van der Waals surface area contributed by atoms with Crippen molar-refractivity contribution >= 4 is 39.8 Å². The average Bonchev–Trinajstić information content (AvgIpc) is 3.04. The lowest BCUT2D eigenvalue weighted by molar-refractivity contribution is -0.143. The first kappa shape index (κ1) is 18.6. The summed E-state index contributed by atoms with van der Waals surface area (Å²) in [7, 11) is 1.32. The number of methoxy groups -OCH3 is 1. The quantitative estimate of drug-likeness (QED) is 0.621. The monoisotopic (exact) mass is 391 g/mol. The molecule has 0 bridgehead atoms. The van der Waals surface area contributed by atoms with Crippen molar-refractivity contribution in [1.82, 2.24) is 15.3 Å². The van der Waals surface area contributed by atoms with Gasteiger partial charge in [0, 0.05) is 34.4 Å². The zero-order chi connectivity index (χ0) is 18.5. The summed E-state index contributed by atoms with van der Waals surface area (Å²) in [5.74, 6) is -0.0815. The fourth-order valence-electron chi connectivity index (χ4n) is 2.42. The first-order valence-corrected chi connectivity index (χ1v) is 9.21. The van der Waals surface area contributed by atoms with E-state index >= 15 is 0 Å². The molecule has 0 aliphatic heterocycles. The van der Waals surface area contributed by atoms with E-state index in [0.29, 0.717) is 29.5 Å². The van der Waals surface area contributed by atoms with E-state index in [2.05, 4.69) is 20.0 Å². The van der Waals surface area contributed by atoms with Crippen LogP contribution in [0.4, 0.5) is 0 Å². The van der Waals surface area contributed by atoms with E-state index < -0.39 is 5.97 Å². The molecule has 3 aromatic rings. The normalized spacial score (nSPS) is 10.9. The fourth-order valence-corrected chi connectivity index (χ4v) is 3.20. The summed E-state index contributed by atoms with van der Waals surface area (Å²) in [5.41, 5.74) is 2.54. The van der Waals surface area contributed by atoms with Crippen LogP contribution in [0.15, 0.2) is 29.6 Å². The van der Waals surface area contributed by atoms with Gasteiger partial charge < -0.3 is 14.8 Å². The van der Waals surface area contributed by atoms with Crippen LogP contribution in [-0.4, -0.2) is 29.7 Å². The van der Waals surface area contributed by atoms with Crippen LogP contribution in [0, 0.1) is 6.92 Å². The predicted molar refractivity (Wildman–Crippen MR) is 102 cm³/mol. The van der Waals surface area contributed by atoms with E-state index in [9.17, 15) is 4.79 Å². The Morgan fingerprint density at radius 3 is 2.85 bits per heavy atom. The lowest BCUT2D eigenvalue weighted by Crippen LogP contribution is -2.17. The SMILES string of the molecule is COC(=O)COc1nc2cc(Cl)ccc2cc1CNCc1csc(C)n1. The number of esters is 1. The van der Waals surface area contributed by atoms with Crippen molar-refractivity contribution < 1.29 is 14.3 Å². The lowest BCUT2D eigenvalue weighted by Gasteiger charge is -2.12. The van der Waals surface area contributed by atoms with Gasteiger partial charge in [-0.25, -0.2) is 14.8 Å². The summed E-state index contributed by atoms with van der Waals surface area (Å²) < 4.78 is 10.2. The second-order valence-electron chi connectivity index (χ2n) is 5.62. The van der Waals surface area contributed by atoms with Gasteiger partial charge >= 0.3 is 5.97 Å². The van der Waals surface area contributed by atoms with Crippen LogP contribution >= 0.6 is 22.9 Å². The molecule has 1 N–H and O–H groups in total. The molecule has 0 saturated carbocycles. The van der Waals surface area contributed by atoms with Crippen LogP contribution in [0.2, 0.25) is 5.02 Å². The Balaban J connectivity index is 1.80. The molecule has 0 saturated heterocycles.